The van der Waals surface area contributed by atoms with Crippen LogP contribution in [-0.2, 0) is 20.5 Å². The first-order chi connectivity index (χ1) is 14.6. The van der Waals surface area contributed by atoms with Gasteiger partial charge in [0.2, 0.25) is 12.7 Å². The highest BCUT2D eigenvalue weighted by Crippen LogP contribution is 2.34. The monoisotopic (exact) mass is 423 g/mol. The minimum Gasteiger partial charge on any atom is -0.454 e. The Morgan fingerprint density at radius 3 is 2.45 bits per heavy atom. The number of hydrogen-bond donors (Lipinski definition) is 2. The molecule has 0 aromatic heterocycles. The molecule has 0 aliphatic carbocycles. The van der Waals surface area contributed by atoms with Gasteiger partial charge in [-0.3, -0.25) is 14.5 Å². The summed E-state index contributed by atoms with van der Waals surface area (Å²) in [6, 6.07) is 12.0. The van der Waals surface area contributed by atoms with Crippen LogP contribution in [-0.4, -0.2) is 36.1 Å². The zero-order valence-corrected chi connectivity index (χ0v) is 17.9. The molecule has 4 amide bonds. The van der Waals surface area contributed by atoms with Crippen molar-refractivity contribution in [1.29, 1.82) is 0 Å². The lowest BCUT2D eigenvalue weighted by atomic mass is 9.84. The molecular formula is C23H25N3O5. The Bertz CT molecular complexity index is 1060. The fraction of sp³-hybridized carbons (Fsp3) is 0.348. The van der Waals surface area contributed by atoms with Crippen molar-refractivity contribution in [3.63, 3.8) is 0 Å². The maximum atomic E-state index is 13.1. The molecule has 4 rings (SSSR count). The third-order valence-electron chi connectivity index (χ3n) is 5.56. The molecule has 8 heteroatoms. The molecule has 0 radical (unpaired) electrons. The smallest absolute Gasteiger partial charge is 0.325 e. The Morgan fingerprint density at radius 1 is 1.10 bits per heavy atom. The third-order valence-corrected chi connectivity index (χ3v) is 5.56. The van der Waals surface area contributed by atoms with Gasteiger partial charge in [-0.05, 0) is 35.6 Å². The standard InChI is InChI=1S/C23H25N3O5/c1-22(2,3)14-5-7-15(8-6-14)23(4)20(28)26(21(29)25-23)12-19(27)24-16-9-10-17-18(11-16)31-13-30-17/h5-11H,12-13H2,1-4H3,(H,24,27)(H,25,29)/t23-/m0/s1. The zero-order valence-electron chi connectivity index (χ0n) is 17.9. The van der Waals surface area contributed by atoms with Gasteiger partial charge < -0.3 is 20.1 Å². The number of carbonyl (C=O) groups is 3. The molecule has 1 saturated heterocycles. The number of benzene rings is 2. The van der Waals surface area contributed by atoms with Crippen LogP contribution in [0, 0.1) is 0 Å². The van der Waals surface area contributed by atoms with Gasteiger partial charge in [0.15, 0.2) is 11.5 Å². The molecule has 0 unspecified atom stereocenters. The van der Waals surface area contributed by atoms with E-state index in [1.54, 1.807) is 25.1 Å². The highest BCUT2D eigenvalue weighted by Gasteiger charge is 2.49. The van der Waals surface area contributed by atoms with Crippen molar-refractivity contribution in [3.05, 3.63) is 53.6 Å². The molecule has 8 nitrogen and oxygen atoms in total. The number of amides is 4. The highest BCUT2D eigenvalue weighted by atomic mass is 16.7. The maximum absolute atomic E-state index is 13.1. The van der Waals surface area contributed by atoms with Crippen LogP contribution in [0.15, 0.2) is 42.5 Å². The van der Waals surface area contributed by atoms with Gasteiger partial charge in [-0.2, -0.15) is 0 Å². The van der Waals surface area contributed by atoms with E-state index in [0.717, 1.165) is 10.5 Å². The van der Waals surface area contributed by atoms with E-state index in [1.165, 1.54) is 0 Å². The van der Waals surface area contributed by atoms with E-state index in [0.29, 0.717) is 22.7 Å². The molecule has 162 valence electrons. The van der Waals surface area contributed by atoms with Crippen molar-refractivity contribution in [1.82, 2.24) is 10.2 Å². The van der Waals surface area contributed by atoms with Crippen LogP contribution in [0.2, 0.25) is 0 Å². The second kappa shape index (κ2) is 7.30. The predicted molar refractivity (Wildman–Crippen MR) is 114 cm³/mol. The predicted octanol–water partition coefficient (Wildman–Crippen LogP) is 3.12. The summed E-state index contributed by atoms with van der Waals surface area (Å²) in [6.45, 7) is 7.69. The second-order valence-corrected chi connectivity index (χ2v) is 8.89. The number of fused-ring (bicyclic) bond motifs is 1. The number of rotatable bonds is 4. The lowest BCUT2D eigenvalue weighted by Crippen LogP contribution is -2.42. The van der Waals surface area contributed by atoms with Crippen molar-refractivity contribution in [2.24, 2.45) is 0 Å². The number of hydrogen-bond acceptors (Lipinski definition) is 5. The van der Waals surface area contributed by atoms with E-state index < -0.39 is 29.9 Å². The van der Waals surface area contributed by atoms with Crippen LogP contribution in [0.25, 0.3) is 0 Å². The topological polar surface area (TPSA) is 97.0 Å². The summed E-state index contributed by atoms with van der Waals surface area (Å²) < 4.78 is 10.5. The van der Waals surface area contributed by atoms with Gasteiger partial charge >= 0.3 is 6.03 Å². The summed E-state index contributed by atoms with van der Waals surface area (Å²) in [6.07, 6.45) is 0. The van der Waals surface area contributed by atoms with Gasteiger partial charge in [0, 0.05) is 11.8 Å². The first-order valence-corrected chi connectivity index (χ1v) is 10.0. The van der Waals surface area contributed by atoms with Crippen molar-refractivity contribution in [3.8, 4) is 11.5 Å². The number of urea groups is 1. The summed E-state index contributed by atoms with van der Waals surface area (Å²) in [5.74, 6) is 0.163. The SMILES string of the molecule is CC(C)(C)c1ccc([C@]2(C)NC(=O)N(CC(=O)Nc3ccc4c(c3)OCO4)C2=O)cc1. The zero-order chi connectivity index (χ0) is 22.4. The Balaban J connectivity index is 1.47. The van der Waals surface area contributed by atoms with Crippen LogP contribution >= 0.6 is 0 Å². The lowest BCUT2D eigenvalue weighted by molar-refractivity contribution is -0.133. The van der Waals surface area contributed by atoms with Crippen molar-refractivity contribution >= 4 is 23.5 Å². The van der Waals surface area contributed by atoms with Gasteiger partial charge in [-0.1, -0.05) is 45.0 Å². The minimum absolute atomic E-state index is 0.0266. The van der Waals surface area contributed by atoms with E-state index in [-0.39, 0.29) is 12.2 Å². The summed E-state index contributed by atoms with van der Waals surface area (Å²) in [4.78, 5) is 39.0. The molecule has 0 saturated carbocycles. The average molecular weight is 423 g/mol. The van der Waals surface area contributed by atoms with Crippen LogP contribution in [0.1, 0.15) is 38.8 Å². The number of imide groups is 1. The number of nitrogens with one attached hydrogen (secondary N) is 2. The number of nitrogens with zero attached hydrogens (tertiary/aromatic N) is 1. The minimum atomic E-state index is -1.23. The maximum Gasteiger partial charge on any atom is 0.325 e. The van der Waals surface area contributed by atoms with Crippen LogP contribution in [0.5, 0.6) is 11.5 Å². The Labute approximate surface area is 180 Å². The van der Waals surface area contributed by atoms with E-state index in [2.05, 4.69) is 31.4 Å². The van der Waals surface area contributed by atoms with Gasteiger partial charge in [0.05, 0.1) is 0 Å². The van der Waals surface area contributed by atoms with E-state index >= 15 is 0 Å². The third kappa shape index (κ3) is 3.81. The van der Waals surface area contributed by atoms with Gasteiger partial charge in [0.25, 0.3) is 5.91 Å². The number of anilines is 1. The number of carbonyl (C=O) groups excluding carboxylic acids is 3. The first kappa shape index (κ1) is 20.7. The lowest BCUT2D eigenvalue weighted by Gasteiger charge is -2.24. The molecular weight excluding hydrogens is 398 g/mol. The molecule has 2 N–H and O–H groups in total. The largest absolute Gasteiger partial charge is 0.454 e. The molecule has 0 bridgehead atoms. The molecule has 1 fully saturated rings. The molecule has 2 heterocycles. The molecule has 1 atom stereocenters. The summed E-state index contributed by atoms with van der Waals surface area (Å²) in [7, 11) is 0. The molecule has 0 spiro atoms. The summed E-state index contributed by atoms with van der Waals surface area (Å²) in [5, 5.41) is 5.41. The van der Waals surface area contributed by atoms with Crippen molar-refractivity contribution < 1.29 is 23.9 Å². The van der Waals surface area contributed by atoms with Gasteiger partial charge in [-0.15, -0.1) is 0 Å². The fourth-order valence-corrected chi connectivity index (χ4v) is 3.66. The van der Waals surface area contributed by atoms with Gasteiger partial charge in [0.1, 0.15) is 12.1 Å². The van der Waals surface area contributed by atoms with Gasteiger partial charge in [-0.25, -0.2) is 4.79 Å². The van der Waals surface area contributed by atoms with E-state index in [4.69, 9.17) is 9.47 Å². The molecule has 2 aromatic rings. The van der Waals surface area contributed by atoms with E-state index in [9.17, 15) is 14.4 Å². The Hall–Kier alpha value is -3.55. The highest BCUT2D eigenvalue weighted by molar-refractivity contribution is 6.10. The molecule has 2 aliphatic heterocycles. The second-order valence-electron chi connectivity index (χ2n) is 8.89. The van der Waals surface area contributed by atoms with Crippen LogP contribution in [0.4, 0.5) is 10.5 Å². The number of ether oxygens (including phenoxy) is 2. The quantitative estimate of drug-likeness (QED) is 0.737. The van der Waals surface area contributed by atoms with Crippen LogP contribution in [0.3, 0.4) is 0 Å². The van der Waals surface area contributed by atoms with Crippen LogP contribution < -0.4 is 20.1 Å². The summed E-state index contributed by atoms with van der Waals surface area (Å²) >= 11 is 0. The summed E-state index contributed by atoms with van der Waals surface area (Å²) in [5.41, 5.74) is 1.02. The molecule has 2 aromatic carbocycles. The first-order valence-electron chi connectivity index (χ1n) is 10.0. The normalized spacial score (nSPS) is 20.1. The van der Waals surface area contributed by atoms with Crippen molar-refractivity contribution in [2.75, 3.05) is 18.7 Å². The van der Waals surface area contributed by atoms with Crippen molar-refractivity contribution in [2.45, 2.75) is 38.6 Å². The average Bonchev–Trinajstić information content (AvgIpc) is 3.26. The Morgan fingerprint density at radius 2 is 1.77 bits per heavy atom. The molecule has 2 aliphatic rings. The Kier molecular flexibility index (Phi) is 4.88. The molecule has 31 heavy (non-hydrogen) atoms. The van der Waals surface area contributed by atoms with E-state index in [1.807, 2.05) is 24.3 Å². The fourth-order valence-electron chi connectivity index (χ4n) is 3.66.